The molecule has 1 N–H and O–H groups in total. The van der Waals surface area contributed by atoms with Crippen LogP contribution in [-0.2, 0) is 9.59 Å². The molecule has 9 heteroatoms. The summed E-state index contributed by atoms with van der Waals surface area (Å²) in [6.45, 7) is 0.631. The highest BCUT2D eigenvalue weighted by Gasteiger charge is 2.44. The highest BCUT2D eigenvalue weighted by Crippen LogP contribution is 2.27. The van der Waals surface area contributed by atoms with Crippen molar-refractivity contribution < 1.29 is 35.9 Å². The molecule has 0 saturated carbocycles. The maximum Gasteiger partial charge on any atom is 0.471 e. The molecule has 0 aromatic heterocycles. The number of aldehydes is 1. The van der Waals surface area contributed by atoms with Gasteiger partial charge in [-0.05, 0) is 6.92 Å². The first kappa shape index (κ1) is 14.5. The second-order valence-corrected chi connectivity index (χ2v) is 2.63. The van der Waals surface area contributed by atoms with Crippen LogP contribution in [0.2, 0.25) is 0 Å². The van der Waals surface area contributed by atoms with E-state index >= 15 is 0 Å². The van der Waals surface area contributed by atoms with Crippen molar-refractivity contribution in [1.82, 2.24) is 5.32 Å². The smallest absolute Gasteiger partial charge is 0.314 e. The molecule has 0 rings (SSSR count). The van der Waals surface area contributed by atoms with Crippen LogP contribution >= 0.6 is 0 Å². The lowest BCUT2D eigenvalue weighted by atomic mass is 10.2. The van der Waals surface area contributed by atoms with E-state index in [1.54, 1.807) is 0 Å². The van der Waals surface area contributed by atoms with E-state index in [0.29, 0.717) is 12.2 Å². The minimum absolute atomic E-state index is 0.306. The fraction of sp³-hybridized carbons (Fsp3) is 0.429. The molecule has 0 aliphatic heterocycles. The maximum absolute atomic E-state index is 12.1. The lowest BCUT2D eigenvalue weighted by Crippen LogP contribution is -2.40. The molecule has 0 aliphatic carbocycles. The Morgan fingerprint density at radius 2 is 1.50 bits per heavy atom. The average molecular weight is 249 g/mol. The zero-order valence-electron chi connectivity index (χ0n) is 7.66. The topological polar surface area (TPSA) is 46.2 Å². The van der Waals surface area contributed by atoms with Crippen LogP contribution in [0.1, 0.15) is 6.92 Å². The molecule has 3 nitrogen and oxygen atoms in total. The zero-order valence-corrected chi connectivity index (χ0v) is 7.66. The molecule has 0 radical (unpaired) electrons. The van der Waals surface area contributed by atoms with Crippen molar-refractivity contribution in [1.29, 1.82) is 0 Å². The number of carbonyl (C=O) groups is 2. The fourth-order valence-corrected chi connectivity index (χ4v) is 0.636. The Labute approximate surface area is 85.1 Å². The van der Waals surface area contributed by atoms with E-state index in [-0.39, 0.29) is 6.29 Å². The lowest BCUT2D eigenvalue weighted by molar-refractivity contribution is -0.175. The van der Waals surface area contributed by atoms with Gasteiger partial charge in [0.15, 0.2) is 0 Å². The zero-order chi connectivity index (χ0) is 13.1. The molecule has 16 heavy (non-hydrogen) atoms. The summed E-state index contributed by atoms with van der Waals surface area (Å²) in [5, 5.41) is 0.607. The Morgan fingerprint density at radius 1 is 1.06 bits per heavy atom. The maximum atomic E-state index is 12.1. The van der Waals surface area contributed by atoms with Gasteiger partial charge in [0.25, 0.3) is 0 Å². The molecule has 0 spiro atoms. The van der Waals surface area contributed by atoms with Gasteiger partial charge in [-0.1, -0.05) is 0 Å². The predicted octanol–water partition coefficient (Wildman–Crippen LogP) is 1.70. The molecule has 0 aliphatic rings. The number of carbonyl (C=O) groups excluding carboxylic acids is 2. The standard InChI is InChI=1S/C7H5F6NO2/c1-3(2-15)4(6(8,9)10)14-5(16)7(11,12)13/h2H,1H3,(H,14,16)/b4-3+. The lowest BCUT2D eigenvalue weighted by Gasteiger charge is -2.15. The van der Waals surface area contributed by atoms with Gasteiger partial charge >= 0.3 is 18.3 Å². The number of amides is 1. The van der Waals surface area contributed by atoms with Crippen LogP contribution in [0.5, 0.6) is 0 Å². The van der Waals surface area contributed by atoms with Gasteiger partial charge < -0.3 is 5.32 Å². The molecule has 1 amide bonds. The van der Waals surface area contributed by atoms with Gasteiger partial charge in [0.2, 0.25) is 0 Å². The summed E-state index contributed by atoms with van der Waals surface area (Å²) < 4.78 is 71.3. The summed E-state index contributed by atoms with van der Waals surface area (Å²) in [6, 6.07) is 0. The monoisotopic (exact) mass is 249 g/mol. The molecule has 0 atom stereocenters. The second kappa shape index (κ2) is 4.54. The van der Waals surface area contributed by atoms with E-state index in [4.69, 9.17) is 0 Å². The van der Waals surface area contributed by atoms with Gasteiger partial charge in [-0.15, -0.1) is 0 Å². The largest absolute Gasteiger partial charge is 0.471 e. The van der Waals surface area contributed by atoms with E-state index in [2.05, 4.69) is 0 Å². The second-order valence-electron chi connectivity index (χ2n) is 2.63. The van der Waals surface area contributed by atoms with E-state index in [1.165, 1.54) is 0 Å². The van der Waals surface area contributed by atoms with Gasteiger partial charge in [-0.25, -0.2) is 0 Å². The molecule has 0 aromatic rings. The van der Waals surface area contributed by atoms with Crippen molar-refractivity contribution in [3.63, 3.8) is 0 Å². The Hall–Kier alpha value is -1.54. The van der Waals surface area contributed by atoms with E-state index in [0.717, 1.165) is 0 Å². The third-order valence-corrected chi connectivity index (χ3v) is 1.35. The van der Waals surface area contributed by atoms with Crippen LogP contribution in [0.15, 0.2) is 11.3 Å². The van der Waals surface area contributed by atoms with Crippen molar-refractivity contribution >= 4 is 12.2 Å². The van der Waals surface area contributed by atoms with E-state index in [9.17, 15) is 35.9 Å². The van der Waals surface area contributed by atoms with Crippen LogP contribution in [0.25, 0.3) is 0 Å². The number of halogens is 6. The number of rotatable bonds is 2. The molecule has 92 valence electrons. The number of allylic oxidation sites excluding steroid dienone is 2. The summed E-state index contributed by atoms with van der Waals surface area (Å²) >= 11 is 0. The molecular weight excluding hydrogens is 244 g/mol. The third kappa shape index (κ3) is 3.91. The normalized spacial score (nSPS) is 14.2. The minimum Gasteiger partial charge on any atom is -0.314 e. The molecule has 0 saturated heterocycles. The minimum atomic E-state index is -5.46. The van der Waals surface area contributed by atoms with Gasteiger partial charge in [0.05, 0.1) is 0 Å². The van der Waals surface area contributed by atoms with Gasteiger partial charge in [-0.3, -0.25) is 9.59 Å². The van der Waals surface area contributed by atoms with Gasteiger partial charge in [-0.2, -0.15) is 26.3 Å². The number of hydrogen-bond donors (Lipinski definition) is 1. The van der Waals surface area contributed by atoms with Crippen molar-refractivity contribution in [2.75, 3.05) is 0 Å². The van der Waals surface area contributed by atoms with Crippen molar-refractivity contribution in [2.24, 2.45) is 0 Å². The molecule has 0 unspecified atom stereocenters. The van der Waals surface area contributed by atoms with Crippen LogP contribution in [-0.4, -0.2) is 24.5 Å². The number of alkyl halides is 6. The predicted molar refractivity (Wildman–Crippen MR) is 39.0 cm³/mol. The first-order chi connectivity index (χ1) is 7.00. The summed E-state index contributed by atoms with van der Waals surface area (Å²) in [6.07, 6.45) is -11.0. The summed E-state index contributed by atoms with van der Waals surface area (Å²) in [7, 11) is 0. The molecule has 0 heterocycles. The van der Waals surface area contributed by atoms with Crippen LogP contribution in [0, 0.1) is 0 Å². The molecule has 0 bridgehead atoms. The first-order valence-electron chi connectivity index (χ1n) is 3.61. The summed E-state index contributed by atoms with van der Waals surface area (Å²) in [5.74, 6) is -2.79. The van der Waals surface area contributed by atoms with Crippen LogP contribution in [0.4, 0.5) is 26.3 Å². The Balaban J connectivity index is 5.16. The number of nitrogens with one attached hydrogen (secondary N) is 1. The molecule has 0 aromatic carbocycles. The van der Waals surface area contributed by atoms with Crippen molar-refractivity contribution in [3.8, 4) is 0 Å². The summed E-state index contributed by atoms with van der Waals surface area (Å²) in [4.78, 5) is 20.3. The van der Waals surface area contributed by atoms with Crippen LogP contribution in [0.3, 0.4) is 0 Å². The van der Waals surface area contributed by atoms with Crippen LogP contribution < -0.4 is 5.32 Å². The summed E-state index contributed by atoms with van der Waals surface area (Å²) in [5.41, 5.74) is -3.07. The van der Waals surface area contributed by atoms with Gasteiger partial charge in [0, 0.05) is 5.57 Å². The quantitative estimate of drug-likeness (QED) is 0.460. The van der Waals surface area contributed by atoms with Gasteiger partial charge in [0.1, 0.15) is 12.0 Å². The van der Waals surface area contributed by atoms with Crippen molar-refractivity contribution in [2.45, 2.75) is 19.3 Å². The average Bonchev–Trinajstić information content (AvgIpc) is 2.09. The number of hydrogen-bond acceptors (Lipinski definition) is 2. The first-order valence-corrected chi connectivity index (χ1v) is 3.61. The Kier molecular flexibility index (Phi) is 4.10. The fourth-order valence-electron chi connectivity index (χ4n) is 0.636. The highest BCUT2D eigenvalue weighted by molar-refractivity contribution is 5.85. The Bertz CT molecular complexity index is 327. The molecule has 0 fully saturated rings. The Morgan fingerprint density at radius 3 is 1.75 bits per heavy atom. The third-order valence-electron chi connectivity index (χ3n) is 1.35. The SMILES string of the molecule is C/C(C=O)=C(\NC(=O)C(F)(F)F)C(F)(F)F. The van der Waals surface area contributed by atoms with E-state index < -0.39 is 29.5 Å². The van der Waals surface area contributed by atoms with E-state index in [1.807, 2.05) is 0 Å². The van der Waals surface area contributed by atoms with Crippen molar-refractivity contribution in [3.05, 3.63) is 11.3 Å². The highest BCUT2D eigenvalue weighted by atomic mass is 19.4. The molecular formula is C7H5F6NO2.